The third-order valence-electron chi connectivity index (χ3n) is 2.31. The molecule has 1 rings (SSSR count). The van der Waals surface area contributed by atoms with E-state index < -0.39 is 0 Å². The average molecular weight is 172 g/mol. The smallest absolute Gasteiger partial charge is 0.158 e. The summed E-state index contributed by atoms with van der Waals surface area (Å²) in [5.74, 6) is 0. The molecule has 0 radical (unpaired) electrons. The highest BCUT2D eigenvalue weighted by Gasteiger charge is 2.23. The highest BCUT2D eigenvalue weighted by molar-refractivity contribution is 4.63. The maximum Gasteiger partial charge on any atom is 0.158 e. The highest BCUT2D eigenvalue weighted by atomic mass is 16.7. The molecule has 0 aliphatic carbocycles. The molecule has 0 spiro atoms. The maximum absolute atomic E-state index is 5.63. The van der Waals surface area contributed by atoms with Gasteiger partial charge in [-0.3, -0.25) is 0 Å². The van der Waals surface area contributed by atoms with Gasteiger partial charge in [0.2, 0.25) is 0 Å². The molecule has 0 aromatic rings. The zero-order valence-electron chi connectivity index (χ0n) is 8.21. The number of hydrogen-bond donors (Lipinski definition) is 0. The zero-order valence-corrected chi connectivity index (χ0v) is 8.21. The van der Waals surface area contributed by atoms with Gasteiger partial charge in [0.15, 0.2) is 6.29 Å². The van der Waals surface area contributed by atoms with Crippen molar-refractivity contribution in [2.45, 2.75) is 58.3 Å². The fourth-order valence-electron chi connectivity index (χ4n) is 1.43. The van der Waals surface area contributed by atoms with Crippen LogP contribution in [0.5, 0.6) is 0 Å². The minimum absolute atomic E-state index is 0.0986. The van der Waals surface area contributed by atoms with Crippen LogP contribution in [0.25, 0.3) is 0 Å². The van der Waals surface area contributed by atoms with Crippen LogP contribution in [0.2, 0.25) is 0 Å². The first-order valence-electron chi connectivity index (χ1n) is 5.13. The Labute approximate surface area is 75.2 Å². The van der Waals surface area contributed by atoms with Crippen molar-refractivity contribution >= 4 is 0 Å². The summed E-state index contributed by atoms with van der Waals surface area (Å²) in [4.78, 5) is 0. The molecule has 2 nitrogen and oxygen atoms in total. The Morgan fingerprint density at radius 2 is 2.08 bits per heavy atom. The van der Waals surface area contributed by atoms with Crippen LogP contribution in [0.1, 0.15) is 46.0 Å². The minimum Gasteiger partial charge on any atom is -0.350 e. The molecule has 1 saturated heterocycles. The van der Waals surface area contributed by atoms with E-state index in [0.29, 0.717) is 6.10 Å². The highest BCUT2D eigenvalue weighted by Crippen LogP contribution is 2.18. The van der Waals surface area contributed by atoms with Crippen molar-refractivity contribution in [3.8, 4) is 0 Å². The molecule has 12 heavy (non-hydrogen) atoms. The van der Waals surface area contributed by atoms with Crippen LogP contribution >= 0.6 is 0 Å². The lowest BCUT2D eigenvalue weighted by molar-refractivity contribution is -0.0634. The Hall–Kier alpha value is -0.0800. The normalized spacial score (nSPS) is 29.5. The van der Waals surface area contributed by atoms with Gasteiger partial charge in [0.05, 0.1) is 12.7 Å². The molecule has 0 bridgehead atoms. The van der Waals surface area contributed by atoms with Gasteiger partial charge in [0.25, 0.3) is 0 Å². The monoisotopic (exact) mass is 172 g/mol. The summed E-state index contributed by atoms with van der Waals surface area (Å²) in [5, 5.41) is 0. The molecule has 2 atom stereocenters. The fourth-order valence-corrected chi connectivity index (χ4v) is 1.43. The van der Waals surface area contributed by atoms with Crippen LogP contribution in [0.15, 0.2) is 0 Å². The molecule has 72 valence electrons. The zero-order chi connectivity index (χ0) is 8.81. The van der Waals surface area contributed by atoms with Crippen molar-refractivity contribution in [3.05, 3.63) is 0 Å². The van der Waals surface area contributed by atoms with Crippen molar-refractivity contribution in [2.75, 3.05) is 6.61 Å². The molecule has 1 aliphatic rings. The molecule has 0 saturated carbocycles. The third-order valence-corrected chi connectivity index (χ3v) is 2.31. The molecule has 0 amide bonds. The van der Waals surface area contributed by atoms with E-state index in [-0.39, 0.29) is 6.29 Å². The van der Waals surface area contributed by atoms with E-state index in [1.807, 2.05) is 0 Å². The molecule has 2 heteroatoms. The molecule has 0 aromatic carbocycles. The summed E-state index contributed by atoms with van der Waals surface area (Å²) >= 11 is 0. The Bertz CT molecular complexity index is 114. The maximum atomic E-state index is 5.63. The van der Waals surface area contributed by atoms with Crippen molar-refractivity contribution in [2.24, 2.45) is 0 Å². The van der Waals surface area contributed by atoms with Crippen molar-refractivity contribution in [1.82, 2.24) is 0 Å². The Balaban J connectivity index is 2.03. The summed E-state index contributed by atoms with van der Waals surface area (Å²) in [6.07, 6.45) is 6.40. The van der Waals surface area contributed by atoms with Gasteiger partial charge in [-0.2, -0.15) is 0 Å². The van der Waals surface area contributed by atoms with Gasteiger partial charge in [0, 0.05) is 0 Å². The van der Waals surface area contributed by atoms with Gasteiger partial charge in [0.1, 0.15) is 0 Å². The molecule has 0 aromatic heterocycles. The number of ether oxygens (including phenoxy) is 2. The van der Waals surface area contributed by atoms with Crippen molar-refractivity contribution in [3.63, 3.8) is 0 Å². The molecule has 1 aliphatic heterocycles. The lowest BCUT2D eigenvalue weighted by Crippen LogP contribution is -2.10. The van der Waals surface area contributed by atoms with Crippen LogP contribution in [-0.4, -0.2) is 19.0 Å². The molecule has 1 fully saturated rings. The first-order valence-corrected chi connectivity index (χ1v) is 5.13. The number of unbranched alkanes of at least 4 members (excludes halogenated alkanes) is 2. The third kappa shape index (κ3) is 3.11. The fraction of sp³-hybridized carbons (Fsp3) is 1.00. The lowest BCUT2D eigenvalue weighted by atomic mass is 10.2. The van der Waals surface area contributed by atoms with Gasteiger partial charge in [-0.05, 0) is 19.3 Å². The second kappa shape index (κ2) is 5.55. The van der Waals surface area contributed by atoms with E-state index in [1.54, 1.807) is 0 Å². The Kier molecular flexibility index (Phi) is 4.62. The molecular formula is C10H20O2. The first kappa shape index (κ1) is 10.0. The SMILES string of the molecule is CCCCCC1OCC(CC)O1. The molecule has 2 unspecified atom stereocenters. The quantitative estimate of drug-likeness (QED) is 0.594. The predicted octanol–water partition coefficient (Wildman–Crippen LogP) is 2.72. The van der Waals surface area contributed by atoms with E-state index >= 15 is 0 Å². The van der Waals surface area contributed by atoms with E-state index in [1.165, 1.54) is 19.3 Å². The summed E-state index contributed by atoms with van der Waals surface area (Å²) in [6, 6.07) is 0. The number of rotatable bonds is 5. The van der Waals surface area contributed by atoms with Gasteiger partial charge in [-0.15, -0.1) is 0 Å². The van der Waals surface area contributed by atoms with Crippen molar-refractivity contribution < 1.29 is 9.47 Å². The summed E-state index contributed by atoms with van der Waals surface area (Å²) in [7, 11) is 0. The second-order valence-electron chi connectivity index (χ2n) is 3.43. The predicted molar refractivity (Wildman–Crippen MR) is 49.0 cm³/mol. The van der Waals surface area contributed by atoms with E-state index in [2.05, 4.69) is 13.8 Å². The van der Waals surface area contributed by atoms with Gasteiger partial charge >= 0.3 is 0 Å². The summed E-state index contributed by atoms with van der Waals surface area (Å²) in [5.41, 5.74) is 0. The van der Waals surface area contributed by atoms with E-state index in [0.717, 1.165) is 19.4 Å². The van der Waals surface area contributed by atoms with E-state index in [9.17, 15) is 0 Å². The lowest BCUT2D eigenvalue weighted by Gasteiger charge is -2.09. The number of hydrogen-bond acceptors (Lipinski definition) is 2. The van der Waals surface area contributed by atoms with Gasteiger partial charge < -0.3 is 9.47 Å². The van der Waals surface area contributed by atoms with Gasteiger partial charge in [-0.25, -0.2) is 0 Å². The Morgan fingerprint density at radius 3 is 2.67 bits per heavy atom. The standard InChI is InChI=1S/C10H20O2/c1-3-5-6-7-10-11-8-9(4-2)12-10/h9-10H,3-8H2,1-2H3. The Morgan fingerprint density at radius 1 is 1.25 bits per heavy atom. The minimum atomic E-state index is 0.0986. The average Bonchev–Trinajstić information content (AvgIpc) is 2.53. The van der Waals surface area contributed by atoms with Crippen LogP contribution in [0.3, 0.4) is 0 Å². The van der Waals surface area contributed by atoms with Crippen LogP contribution in [0.4, 0.5) is 0 Å². The molecule has 0 N–H and O–H groups in total. The van der Waals surface area contributed by atoms with Crippen LogP contribution in [0, 0.1) is 0 Å². The first-order chi connectivity index (χ1) is 5.86. The van der Waals surface area contributed by atoms with Crippen molar-refractivity contribution in [1.29, 1.82) is 0 Å². The summed E-state index contributed by atoms with van der Waals surface area (Å²) in [6.45, 7) is 5.15. The van der Waals surface area contributed by atoms with E-state index in [4.69, 9.17) is 9.47 Å². The van der Waals surface area contributed by atoms with Gasteiger partial charge in [-0.1, -0.05) is 26.7 Å². The molecule has 1 heterocycles. The second-order valence-corrected chi connectivity index (χ2v) is 3.43. The summed E-state index contributed by atoms with van der Waals surface area (Å²) < 4.78 is 11.1. The largest absolute Gasteiger partial charge is 0.350 e. The van der Waals surface area contributed by atoms with Crippen LogP contribution < -0.4 is 0 Å². The van der Waals surface area contributed by atoms with Crippen LogP contribution in [-0.2, 0) is 9.47 Å². The molecular weight excluding hydrogens is 152 g/mol. The topological polar surface area (TPSA) is 18.5 Å².